The molecule has 3 heterocycles. The Kier molecular flexibility index (Phi) is 3.66. The average molecular weight is 144 g/mol. The minimum absolute atomic E-state index is 1.15. The molecule has 3 fully saturated rings. The molecule has 0 radical (unpaired) electrons. The molecule has 1 unspecified atom stereocenters. The second-order valence-electron chi connectivity index (χ2n) is 4.90. The van der Waals surface area contributed by atoms with Gasteiger partial charge in [-0.25, -0.2) is 0 Å². The Labute approximate surface area is 82.6 Å². The predicted octanol–water partition coefficient (Wildman–Crippen LogP) is -5.42. The van der Waals surface area contributed by atoms with Crippen LogP contribution >= 0.6 is 0 Å². The lowest BCUT2D eigenvalue weighted by Crippen LogP contribution is -2.50. The summed E-state index contributed by atoms with van der Waals surface area (Å²) in [4.78, 5) is 0. The summed E-state index contributed by atoms with van der Waals surface area (Å²) in [5.74, 6) is 0. The smallest absolute Gasteiger partial charge is 0.0751 e. The number of hydrogen-bond acceptors (Lipinski definition) is 0. The van der Waals surface area contributed by atoms with Crippen LogP contribution in [0.3, 0.4) is 0 Å². The van der Waals surface area contributed by atoms with E-state index < -0.39 is 0 Å². The van der Waals surface area contributed by atoms with Crippen molar-refractivity contribution in [1.29, 1.82) is 0 Å². The third kappa shape index (κ3) is 2.57. The van der Waals surface area contributed by atoms with Crippen molar-refractivity contribution in [3.8, 4) is 0 Å². The highest BCUT2D eigenvalue weighted by Crippen LogP contribution is 2.22. The van der Waals surface area contributed by atoms with Gasteiger partial charge in [-0.2, -0.15) is 0 Å². The summed E-state index contributed by atoms with van der Waals surface area (Å²) in [7, 11) is 13.8. The molecule has 0 aliphatic carbocycles. The Morgan fingerprint density at radius 1 is 0.917 bits per heavy atom. The molecular weight excluding hydrogens is 132 g/mol. The first-order chi connectivity index (χ1) is 5.95. The zero-order valence-electron chi connectivity index (χ0n) is 8.23. The van der Waals surface area contributed by atoms with Crippen LogP contribution in [0.4, 0.5) is 0 Å². The molecule has 0 aromatic rings. The predicted molar refractivity (Wildman–Crippen MR) is 78.7 cm³/mol. The molecule has 2 bridgehead atoms. The van der Waals surface area contributed by atoms with Crippen molar-refractivity contribution < 1.29 is 0 Å². The molecule has 3 rings (SSSR count). The van der Waals surface area contributed by atoms with Crippen molar-refractivity contribution in [3.63, 3.8) is 0 Å². The molecule has 50 valence electrons. The van der Waals surface area contributed by atoms with E-state index in [4.69, 9.17) is 0 Å². The minimum Gasteiger partial charge on any atom is -0.110 e. The van der Waals surface area contributed by atoms with Gasteiger partial charge in [0.25, 0.3) is 0 Å². The third-order valence-corrected chi connectivity index (χ3v) is 3.81. The number of hydrogen-bond donors (Lipinski definition) is 0. The maximum Gasteiger partial charge on any atom is 0.0751 e. The van der Waals surface area contributed by atoms with E-state index >= 15 is 0 Å². The first-order valence-electron chi connectivity index (χ1n) is 5.95. The van der Waals surface area contributed by atoms with E-state index in [-0.39, 0.29) is 0 Å². The summed E-state index contributed by atoms with van der Waals surface area (Å²) >= 11 is 0. The molecule has 0 nitrogen and oxygen atoms in total. The number of rotatable bonds is 0. The van der Waals surface area contributed by atoms with Crippen molar-refractivity contribution in [3.05, 3.63) is 0 Å². The molecule has 0 aromatic heterocycles. The first kappa shape index (κ1) is 9.21. The van der Waals surface area contributed by atoms with Crippen molar-refractivity contribution in [2.75, 3.05) is 0 Å². The van der Waals surface area contributed by atoms with E-state index in [1.807, 2.05) is 0 Å². The lowest BCUT2D eigenvalue weighted by molar-refractivity contribution is 1.27. The molecule has 12 heavy (non-hydrogen) atoms. The highest BCUT2D eigenvalue weighted by atomic mass is 13.8. The van der Waals surface area contributed by atoms with Crippen molar-refractivity contribution >= 4 is 70.3 Å². The van der Waals surface area contributed by atoms with Crippen LogP contribution in [0.2, 0.25) is 12.0 Å². The van der Waals surface area contributed by atoms with Gasteiger partial charge < -0.3 is 0 Å². The van der Waals surface area contributed by atoms with E-state index in [0.717, 1.165) is 12.2 Å². The summed E-state index contributed by atoms with van der Waals surface area (Å²) in [6, 6.07) is 0. The van der Waals surface area contributed by atoms with Crippen LogP contribution in [0.1, 0.15) is 0 Å². The summed E-state index contributed by atoms with van der Waals surface area (Å²) in [5, 5.41) is 0. The Morgan fingerprint density at radius 3 is 2.42 bits per heavy atom. The fourth-order valence-electron chi connectivity index (χ4n) is 2.92. The minimum atomic E-state index is 1.15. The first-order valence-corrected chi connectivity index (χ1v) is 5.95. The molecule has 1 atom stereocenters. The molecule has 0 saturated carbocycles. The van der Waals surface area contributed by atoms with Crippen LogP contribution in [0.5, 0.6) is 0 Å². The summed E-state index contributed by atoms with van der Waals surface area (Å²) in [6.07, 6.45) is 1.58. The van der Waals surface area contributed by atoms with Crippen LogP contribution in [0, 0.1) is 0 Å². The Balaban J connectivity index is 1.73. The van der Waals surface area contributed by atoms with Crippen LogP contribution < -0.4 is 0 Å². The molecular formula is C2H12B10. The fourth-order valence-corrected chi connectivity index (χ4v) is 2.92. The maximum atomic E-state index is 1.58. The van der Waals surface area contributed by atoms with E-state index in [2.05, 4.69) is 0 Å². The molecule has 0 N–H and O–H groups in total. The number of fused-ring (bicyclic) bond motifs is 7. The Morgan fingerprint density at radius 2 is 1.58 bits per heavy atom. The summed E-state index contributed by atoms with van der Waals surface area (Å²) < 4.78 is 0. The monoisotopic (exact) mass is 146 g/mol. The molecule has 3 aliphatic rings. The molecule has 3 aliphatic heterocycles. The topological polar surface area (TPSA) is 0 Å². The molecule has 0 amide bonds. The molecule has 10 heteroatoms. The summed E-state index contributed by atoms with van der Waals surface area (Å²) in [6.45, 7) is 1.15. The van der Waals surface area contributed by atoms with Gasteiger partial charge in [0.2, 0.25) is 0 Å². The van der Waals surface area contributed by atoms with Crippen LogP contribution in [-0.2, 0) is 0 Å². The van der Waals surface area contributed by atoms with Gasteiger partial charge >= 0.3 is 0 Å². The van der Waals surface area contributed by atoms with E-state index in [1.165, 1.54) is 42.4 Å². The second kappa shape index (κ2) is 4.77. The Hall–Kier alpha value is 0.649. The van der Waals surface area contributed by atoms with Crippen LogP contribution in [0.25, 0.3) is 0 Å². The quantitative estimate of drug-likeness (QED) is 0.298. The lowest BCUT2D eigenvalue weighted by Gasteiger charge is -2.31. The van der Waals surface area contributed by atoms with Gasteiger partial charge in [0.05, 0.1) is 20.8 Å². The van der Waals surface area contributed by atoms with Crippen LogP contribution in [0.15, 0.2) is 0 Å². The molecule has 0 spiro atoms. The normalized spacial score (nSPS) is 26.0. The van der Waals surface area contributed by atoms with Gasteiger partial charge in [0.1, 0.15) is 0 Å². The fraction of sp³-hybridized carbons (Fsp3) is 1.00. The van der Waals surface area contributed by atoms with Gasteiger partial charge in [-0.05, 0) is 0 Å². The maximum absolute atomic E-state index is 1.58. The van der Waals surface area contributed by atoms with Crippen LogP contribution in [-0.4, -0.2) is 70.3 Å². The van der Waals surface area contributed by atoms with Gasteiger partial charge in [-0.1, -0.05) is 0 Å². The Bertz CT molecular complexity index is 110. The van der Waals surface area contributed by atoms with Gasteiger partial charge in [-0.3, -0.25) is 0 Å². The zero-order valence-corrected chi connectivity index (χ0v) is 8.23. The lowest BCUT2D eigenvalue weighted by atomic mass is 8.80. The largest absolute Gasteiger partial charge is 0.110 e. The second-order valence-corrected chi connectivity index (χ2v) is 4.90. The van der Waals surface area contributed by atoms with Crippen molar-refractivity contribution in [1.82, 2.24) is 0 Å². The average Bonchev–Trinajstić information content (AvgIpc) is 2.07. The van der Waals surface area contributed by atoms with Gasteiger partial charge in [-0.15, -0.1) is 12.0 Å². The van der Waals surface area contributed by atoms with E-state index in [9.17, 15) is 0 Å². The van der Waals surface area contributed by atoms with Crippen molar-refractivity contribution in [2.24, 2.45) is 0 Å². The molecule has 3 saturated heterocycles. The standard InChI is InChI=1S/C2H12B10/c1-2-3-5-6-7-8-9-10-11-12(1)4-2/h2-11H,1H2. The third-order valence-electron chi connectivity index (χ3n) is 3.81. The molecule has 0 aromatic carbocycles. The van der Waals surface area contributed by atoms with E-state index in [0.29, 0.717) is 0 Å². The summed E-state index contributed by atoms with van der Waals surface area (Å²) in [5.41, 5.74) is 1.15. The van der Waals surface area contributed by atoms with Gasteiger partial charge in [0, 0.05) is 49.4 Å². The SMILES string of the molecule is B1BBBBC2BB(BBB1)C2. The van der Waals surface area contributed by atoms with Crippen molar-refractivity contribution in [2.45, 2.75) is 12.0 Å². The highest BCUT2D eigenvalue weighted by Gasteiger charge is 2.32. The zero-order chi connectivity index (χ0) is 8.23. The van der Waals surface area contributed by atoms with Gasteiger partial charge in [0.15, 0.2) is 0 Å². The van der Waals surface area contributed by atoms with E-state index in [1.54, 1.807) is 27.7 Å². The highest BCUT2D eigenvalue weighted by molar-refractivity contribution is 7.73.